The third-order valence-electron chi connectivity index (χ3n) is 5.85. The molecule has 0 bridgehead atoms. The van der Waals surface area contributed by atoms with E-state index >= 15 is 0 Å². The SMILES string of the molecule is C=C.COCCC(=O)N1CCN(c2nc(C(C)C)c(Cc3ccccc3)cc2C)CC1C. The first-order valence-corrected chi connectivity index (χ1v) is 11.5. The highest BCUT2D eigenvalue weighted by molar-refractivity contribution is 5.77. The Kier molecular flexibility index (Phi) is 9.92. The summed E-state index contributed by atoms with van der Waals surface area (Å²) in [4.78, 5) is 21.9. The lowest BCUT2D eigenvalue weighted by Crippen LogP contribution is -2.54. The summed E-state index contributed by atoms with van der Waals surface area (Å²) in [6.07, 6.45) is 1.35. The van der Waals surface area contributed by atoms with Crippen LogP contribution >= 0.6 is 0 Å². The summed E-state index contributed by atoms with van der Waals surface area (Å²) >= 11 is 0. The third kappa shape index (κ3) is 6.42. The quantitative estimate of drug-likeness (QED) is 0.573. The van der Waals surface area contributed by atoms with Gasteiger partial charge in [-0.15, -0.1) is 13.2 Å². The van der Waals surface area contributed by atoms with Gasteiger partial charge in [-0.1, -0.05) is 50.2 Å². The normalized spacial score (nSPS) is 16.0. The first-order chi connectivity index (χ1) is 15.4. The monoisotopic (exact) mass is 437 g/mol. The van der Waals surface area contributed by atoms with Gasteiger partial charge in [0.05, 0.1) is 13.0 Å². The number of amides is 1. The van der Waals surface area contributed by atoms with E-state index in [4.69, 9.17) is 9.72 Å². The Bertz CT molecular complexity index is 867. The molecule has 0 spiro atoms. The van der Waals surface area contributed by atoms with Gasteiger partial charge in [0.25, 0.3) is 0 Å². The second-order valence-electron chi connectivity index (χ2n) is 8.62. The van der Waals surface area contributed by atoms with Crippen LogP contribution < -0.4 is 4.90 Å². The van der Waals surface area contributed by atoms with E-state index in [1.165, 1.54) is 22.4 Å². The van der Waals surface area contributed by atoms with Gasteiger partial charge in [-0.3, -0.25) is 4.79 Å². The standard InChI is InChI=1S/C25H35N3O2.C2H4/c1-18(2)24-22(16-21-9-7-6-8-10-21)15-19(3)25(26-24)27-12-13-28(20(4)17-27)23(29)11-14-30-5;1-2/h6-10,15,18,20H,11-14,16-17H2,1-5H3;1-2H2. The maximum atomic E-state index is 12.5. The molecule has 1 fully saturated rings. The lowest BCUT2D eigenvalue weighted by Gasteiger charge is -2.41. The van der Waals surface area contributed by atoms with Crippen LogP contribution in [0.15, 0.2) is 49.6 Å². The number of carbonyl (C=O) groups is 1. The van der Waals surface area contributed by atoms with Gasteiger partial charge in [0, 0.05) is 38.5 Å². The number of rotatable bonds is 7. The van der Waals surface area contributed by atoms with Crippen molar-refractivity contribution < 1.29 is 9.53 Å². The van der Waals surface area contributed by atoms with Crippen molar-refractivity contribution in [2.24, 2.45) is 0 Å². The summed E-state index contributed by atoms with van der Waals surface area (Å²) in [5.74, 6) is 1.60. The zero-order chi connectivity index (χ0) is 23.7. The molecule has 1 saturated heterocycles. The van der Waals surface area contributed by atoms with Gasteiger partial charge < -0.3 is 14.5 Å². The Labute approximate surface area is 194 Å². The Morgan fingerprint density at radius 1 is 1.22 bits per heavy atom. The predicted octanol–water partition coefficient (Wildman–Crippen LogP) is 4.98. The van der Waals surface area contributed by atoms with E-state index in [2.05, 4.69) is 82.2 Å². The van der Waals surface area contributed by atoms with Crippen LogP contribution in [0, 0.1) is 6.92 Å². The molecule has 0 radical (unpaired) electrons. The number of hydrogen-bond acceptors (Lipinski definition) is 4. The molecule has 1 aliphatic rings. The van der Waals surface area contributed by atoms with Crippen LogP contribution in [0.2, 0.25) is 0 Å². The number of anilines is 1. The molecule has 3 rings (SSSR count). The first kappa shape index (κ1) is 25.6. The molecule has 2 heterocycles. The van der Waals surface area contributed by atoms with Crippen LogP contribution in [-0.4, -0.2) is 55.2 Å². The van der Waals surface area contributed by atoms with E-state index in [-0.39, 0.29) is 11.9 Å². The summed E-state index contributed by atoms with van der Waals surface area (Å²) in [7, 11) is 1.64. The molecule has 1 aromatic carbocycles. The first-order valence-electron chi connectivity index (χ1n) is 11.5. The molecule has 2 aromatic rings. The van der Waals surface area contributed by atoms with Crippen molar-refractivity contribution >= 4 is 11.7 Å². The lowest BCUT2D eigenvalue weighted by molar-refractivity contribution is -0.134. The van der Waals surface area contributed by atoms with Crippen molar-refractivity contribution in [3.05, 3.63) is 71.9 Å². The highest BCUT2D eigenvalue weighted by Crippen LogP contribution is 2.28. The zero-order valence-corrected chi connectivity index (χ0v) is 20.4. The fourth-order valence-electron chi connectivity index (χ4n) is 4.30. The molecule has 0 N–H and O–H groups in total. The second kappa shape index (κ2) is 12.4. The van der Waals surface area contributed by atoms with Crippen molar-refractivity contribution in [3.8, 4) is 0 Å². The molecule has 1 atom stereocenters. The maximum Gasteiger partial charge on any atom is 0.225 e. The van der Waals surface area contributed by atoms with Crippen molar-refractivity contribution in [1.82, 2.24) is 9.88 Å². The van der Waals surface area contributed by atoms with Crippen molar-refractivity contribution in [3.63, 3.8) is 0 Å². The maximum absolute atomic E-state index is 12.5. The van der Waals surface area contributed by atoms with Crippen LogP contribution in [0.3, 0.4) is 0 Å². The molecule has 1 amide bonds. The Morgan fingerprint density at radius 3 is 2.50 bits per heavy atom. The molecule has 5 heteroatoms. The number of benzene rings is 1. The zero-order valence-electron chi connectivity index (χ0n) is 20.4. The molecule has 174 valence electrons. The Hall–Kier alpha value is -2.66. The molecule has 0 aliphatic carbocycles. The summed E-state index contributed by atoms with van der Waals surface area (Å²) in [5, 5.41) is 0. The number of methoxy groups -OCH3 is 1. The number of aryl methyl sites for hydroxylation is 1. The van der Waals surface area contributed by atoms with Crippen molar-refractivity contribution in [1.29, 1.82) is 0 Å². The molecular weight excluding hydrogens is 398 g/mol. The minimum absolute atomic E-state index is 0.163. The number of ether oxygens (including phenoxy) is 1. The van der Waals surface area contributed by atoms with Crippen LogP contribution in [0.25, 0.3) is 0 Å². The summed E-state index contributed by atoms with van der Waals surface area (Å²) in [5.41, 5.74) is 4.99. The van der Waals surface area contributed by atoms with Crippen LogP contribution in [0.5, 0.6) is 0 Å². The van der Waals surface area contributed by atoms with Crippen LogP contribution in [0.4, 0.5) is 5.82 Å². The molecule has 1 aliphatic heterocycles. The van der Waals surface area contributed by atoms with E-state index < -0.39 is 0 Å². The van der Waals surface area contributed by atoms with Crippen molar-refractivity contribution in [2.45, 2.75) is 52.5 Å². The Morgan fingerprint density at radius 2 is 1.91 bits per heavy atom. The van der Waals surface area contributed by atoms with Gasteiger partial charge in [-0.05, 0) is 42.9 Å². The largest absolute Gasteiger partial charge is 0.384 e. The summed E-state index contributed by atoms with van der Waals surface area (Å²) in [6, 6.07) is 13.1. The summed E-state index contributed by atoms with van der Waals surface area (Å²) < 4.78 is 5.07. The van der Waals surface area contributed by atoms with Gasteiger partial charge in [-0.2, -0.15) is 0 Å². The van der Waals surface area contributed by atoms with E-state index in [1.807, 2.05) is 4.90 Å². The molecule has 5 nitrogen and oxygen atoms in total. The van der Waals surface area contributed by atoms with Crippen LogP contribution in [-0.2, 0) is 16.0 Å². The number of nitrogens with zero attached hydrogens (tertiary/aromatic N) is 3. The second-order valence-corrected chi connectivity index (χ2v) is 8.62. The van der Waals surface area contributed by atoms with Gasteiger partial charge in [0.2, 0.25) is 5.91 Å². The Balaban J connectivity index is 0.00000176. The smallest absolute Gasteiger partial charge is 0.225 e. The minimum atomic E-state index is 0.163. The predicted molar refractivity (Wildman–Crippen MR) is 133 cm³/mol. The van der Waals surface area contributed by atoms with Gasteiger partial charge in [-0.25, -0.2) is 4.98 Å². The number of hydrogen-bond donors (Lipinski definition) is 0. The highest BCUT2D eigenvalue weighted by Gasteiger charge is 2.29. The third-order valence-corrected chi connectivity index (χ3v) is 5.85. The number of carbonyl (C=O) groups excluding carboxylic acids is 1. The fourth-order valence-corrected chi connectivity index (χ4v) is 4.30. The summed E-state index contributed by atoms with van der Waals surface area (Å²) in [6.45, 7) is 17.5. The minimum Gasteiger partial charge on any atom is -0.384 e. The average molecular weight is 438 g/mol. The van der Waals surface area contributed by atoms with Gasteiger partial charge >= 0.3 is 0 Å². The molecule has 1 unspecified atom stereocenters. The van der Waals surface area contributed by atoms with E-state index in [0.29, 0.717) is 18.9 Å². The fraction of sp³-hybridized carbons (Fsp3) is 0.481. The number of piperazine rings is 1. The molecule has 32 heavy (non-hydrogen) atoms. The lowest BCUT2D eigenvalue weighted by atomic mass is 9.96. The molecule has 0 saturated carbocycles. The highest BCUT2D eigenvalue weighted by atomic mass is 16.5. The number of aromatic nitrogens is 1. The average Bonchev–Trinajstić information content (AvgIpc) is 2.79. The van der Waals surface area contributed by atoms with E-state index in [1.54, 1.807) is 7.11 Å². The molecular formula is C27H39N3O2. The molecule has 1 aromatic heterocycles. The van der Waals surface area contributed by atoms with Crippen molar-refractivity contribution in [2.75, 3.05) is 38.3 Å². The van der Waals surface area contributed by atoms with E-state index in [0.717, 1.165) is 31.9 Å². The van der Waals surface area contributed by atoms with Crippen LogP contribution in [0.1, 0.15) is 55.5 Å². The van der Waals surface area contributed by atoms with E-state index in [9.17, 15) is 4.79 Å². The number of pyridine rings is 1. The van der Waals surface area contributed by atoms with Gasteiger partial charge in [0.15, 0.2) is 0 Å². The topological polar surface area (TPSA) is 45.7 Å². The van der Waals surface area contributed by atoms with Gasteiger partial charge in [0.1, 0.15) is 5.82 Å².